The average molecular weight is 542 g/mol. The third-order valence-corrected chi connectivity index (χ3v) is 9.40. The molecule has 4 fully saturated rings. The maximum absolute atomic E-state index is 14.1. The van der Waals surface area contributed by atoms with E-state index in [1.165, 1.54) is 6.42 Å². The molecule has 1 aromatic rings. The third-order valence-electron chi connectivity index (χ3n) is 9.40. The van der Waals surface area contributed by atoms with E-state index < -0.39 is 29.1 Å². The SMILES string of the molecule is CCOc1ccc(NC(=O)[C@H]2[C@H]3C(=O)N(CCCCO)C(C(=O)NC4CCCCC4)C34CC[C@]2(CC)O4)cc1. The fourth-order valence-corrected chi connectivity index (χ4v) is 7.60. The maximum atomic E-state index is 14.1. The minimum Gasteiger partial charge on any atom is -0.494 e. The molecule has 214 valence electrons. The molecule has 1 spiro atoms. The molecule has 5 rings (SSSR count). The summed E-state index contributed by atoms with van der Waals surface area (Å²) in [5, 5.41) is 15.6. The Balaban J connectivity index is 1.44. The monoisotopic (exact) mass is 541 g/mol. The molecule has 2 bridgehead atoms. The van der Waals surface area contributed by atoms with Crippen LogP contribution in [0.15, 0.2) is 24.3 Å². The van der Waals surface area contributed by atoms with E-state index >= 15 is 0 Å². The Morgan fingerprint density at radius 3 is 2.49 bits per heavy atom. The molecule has 1 aliphatic carbocycles. The molecular weight excluding hydrogens is 498 g/mol. The smallest absolute Gasteiger partial charge is 0.246 e. The number of ether oxygens (including phenoxy) is 2. The highest BCUT2D eigenvalue weighted by molar-refractivity contribution is 6.02. The van der Waals surface area contributed by atoms with Gasteiger partial charge < -0.3 is 30.1 Å². The zero-order chi connectivity index (χ0) is 27.6. The van der Waals surface area contributed by atoms with Crippen LogP contribution < -0.4 is 15.4 Å². The van der Waals surface area contributed by atoms with Crippen molar-refractivity contribution in [2.24, 2.45) is 11.8 Å². The van der Waals surface area contributed by atoms with Gasteiger partial charge in [0.15, 0.2) is 0 Å². The first kappa shape index (κ1) is 27.9. The summed E-state index contributed by atoms with van der Waals surface area (Å²) in [5.74, 6) is -1.28. The van der Waals surface area contributed by atoms with Crippen LogP contribution in [0.2, 0.25) is 0 Å². The first-order valence-electron chi connectivity index (χ1n) is 14.8. The van der Waals surface area contributed by atoms with Gasteiger partial charge >= 0.3 is 0 Å². The summed E-state index contributed by atoms with van der Waals surface area (Å²) in [6, 6.07) is 6.54. The minimum atomic E-state index is -1.02. The van der Waals surface area contributed by atoms with E-state index in [0.29, 0.717) is 50.9 Å². The molecule has 2 unspecified atom stereocenters. The number of anilines is 1. The summed E-state index contributed by atoms with van der Waals surface area (Å²) < 4.78 is 12.3. The van der Waals surface area contributed by atoms with Crippen molar-refractivity contribution in [1.82, 2.24) is 10.2 Å². The number of aliphatic hydroxyl groups excluding tert-OH is 1. The first-order valence-corrected chi connectivity index (χ1v) is 14.8. The second-order valence-corrected chi connectivity index (χ2v) is 11.6. The lowest BCUT2D eigenvalue weighted by Crippen LogP contribution is -2.57. The zero-order valence-corrected chi connectivity index (χ0v) is 23.2. The second kappa shape index (κ2) is 11.5. The molecule has 3 N–H and O–H groups in total. The maximum Gasteiger partial charge on any atom is 0.246 e. The summed E-state index contributed by atoms with van der Waals surface area (Å²) in [6.07, 6.45) is 8.16. The van der Waals surface area contributed by atoms with Gasteiger partial charge in [0.05, 0.1) is 24.0 Å². The normalized spacial score (nSPS) is 31.8. The molecule has 3 amide bonds. The molecule has 0 radical (unpaired) electrons. The number of nitrogens with one attached hydrogen (secondary N) is 2. The van der Waals surface area contributed by atoms with E-state index in [1.54, 1.807) is 17.0 Å². The Morgan fingerprint density at radius 2 is 1.82 bits per heavy atom. The summed E-state index contributed by atoms with van der Waals surface area (Å²) in [5.41, 5.74) is -1.18. The molecule has 39 heavy (non-hydrogen) atoms. The molecule has 4 aliphatic rings. The largest absolute Gasteiger partial charge is 0.494 e. The second-order valence-electron chi connectivity index (χ2n) is 11.6. The number of amides is 3. The number of likely N-dealkylation sites (tertiary alicyclic amines) is 1. The van der Waals surface area contributed by atoms with Crippen LogP contribution >= 0.6 is 0 Å². The van der Waals surface area contributed by atoms with E-state index in [9.17, 15) is 19.5 Å². The van der Waals surface area contributed by atoms with Crippen LogP contribution in [0.4, 0.5) is 5.69 Å². The fourth-order valence-electron chi connectivity index (χ4n) is 7.60. The molecule has 3 aliphatic heterocycles. The van der Waals surface area contributed by atoms with Gasteiger partial charge in [-0.2, -0.15) is 0 Å². The van der Waals surface area contributed by atoms with Gasteiger partial charge in [0.1, 0.15) is 17.4 Å². The topological polar surface area (TPSA) is 117 Å². The molecule has 3 heterocycles. The standard InChI is InChI=1S/C30H43N3O6/c1-3-29-16-17-30(39-29)24(23(29)26(35)31-21-12-14-22(15-13-21)38-4-2)28(37)33(18-8-9-19-34)25(30)27(36)32-20-10-6-5-7-11-20/h12-15,20,23-25,34H,3-11,16-19H2,1-2H3,(H,31,35)(H,32,36)/t23-,24+,25?,29+,30?/m1/s1. The van der Waals surface area contributed by atoms with Crippen molar-refractivity contribution in [2.75, 3.05) is 25.1 Å². The van der Waals surface area contributed by atoms with Gasteiger partial charge in [-0.1, -0.05) is 26.2 Å². The van der Waals surface area contributed by atoms with Gasteiger partial charge in [-0.05, 0) is 76.1 Å². The highest BCUT2D eigenvalue weighted by Crippen LogP contribution is 2.64. The number of carbonyl (C=O) groups excluding carboxylic acids is 3. The first-order chi connectivity index (χ1) is 18.9. The average Bonchev–Trinajstić information content (AvgIpc) is 3.54. The Kier molecular flexibility index (Phi) is 8.19. The summed E-state index contributed by atoms with van der Waals surface area (Å²) in [6.45, 7) is 4.85. The quantitative estimate of drug-likeness (QED) is 0.370. The fraction of sp³-hybridized carbons (Fsp3) is 0.700. The highest BCUT2D eigenvalue weighted by Gasteiger charge is 2.78. The van der Waals surface area contributed by atoms with Crippen LogP contribution in [-0.4, -0.2) is 70.8 Å². The number of unbranched alkanes of at least 4 members (excludes halogenated alkanes) is 1. The molecular formula is C30H43N3O6. The number of rotatable bonds is 11. The molecule has 3 saturated heterocycles. The van der Waals surface area contributed by atoms with Gasteiger partial charge in [-0.25, -0.2) is 0 Å². The number of carbonyl (C=O) groups is 3. The lowest BCUT2D eigenvalue weighted by Gasteiger charge is -2.35. The number of benzene rings is 1. The number of hydrogen-bond donors (Lipinski definition) is 3. The van der Waals surface area contributed by atoms with E-state index in [0.717, 1.165) is 31.4 Å². The van der Waals surface area contributed by atoms with E-state index in [1.807, 2.05) is 26.0 Å². The van der Waals surface area contributed by atoms with Crippen LogP contribution in [0, 0.1) is 11.8 Å². The molecule has 9 nitrogen and oxygen atoms in total. The van der Waals surface area contributed by atoms with Crippen LogP contribution in [-0.2, 0) is 19.1 Å². The van der Waals surface area contributed by atoms with Crippen molar-refractivity contribution < 1.29 is 29.0 Å². The van der Waals surface area contributed by atoms with Gasteiger partial charge in [0, 0.05) is 24.9 Å². The predicted molar refractivity (Wildman–Crippen MR) is 146 cm³/mol. The van der Waals surface area contributed by atoms with Gasteiger partial charge in [-0.15, -0.1) is 0 Å². The Labute approximate surface area is 231 Å². The van der Waals surface area contributed by atoms with Gasteiger partial charge in [-0.3, -0.25) is 14.4 Å². The van der Waals surface area contributed by atoms with Crippen LogP contribution in [0.25, 0.3) is 0 Å². The lowest BCUT2D eigenvalue weighted by atomic mass is 9.65. The molecule has 1 aromatic carbocycles. The lowest BCUT2D eigenvalue weighted by molar-refractivity contribution is -0.147. The van der Waals surface area contributed by atoms with Crippen LogP contribution in [0.5, 0.6) is 5.75 Å². The number of hydrogen-bond acceptors (Lipinski definition) is 6. The molecule has 0 aromatic heterocycles. The van der Waals surface area contributed by atoms with Crippen LogP contribution in [0.1, 0.15) is 78.1 Å². The number of nitrogens with zero attached hydrogens (tertiary/aromatic N) is 1. The molecule has 1 saturated carbocycles. The van der Waals surface area contributed by atoms with E-state index in [2.05, 4.69) is 10.6 Å². The van der Waals surface area contributed by atoms with Crippen molar-refractivity contribution in [2.45, 2.75) is 101 Å². The molecule has 5 atom stereocenters. The highest BCUT2D eigenvalue weighted by atomic mass is 16.5. The van der Waals surface area contributed by atoms with Crippen molar-refractivity contribution in [3.05, 3.63) is 24.3 Å². The van der Waals surface area contributed by atoms with Gasteiger partial charge in [0.25, 0.3) is 0 Å². The van der Waals surface area contributed by atoms with Crippen molar-refractivity contribution in [3.8, 4) is 5.75 Å². The number of aliphatic hydroxyl groups is 1. The molecule has 9 heteroatoms. The summed E-state index contributed by atoms with van der Waals surface area (Å²) >= 11 is 0. The predicted octanol–water partition coefficient (Wildman–Crippen LogP) is 3.40. The van der Waals surface area contributed by atoms with Crippen LogP contribution in [0.3, 0.4) is 0 Å². The van der Waals surface area contributed by atoms with E-state index in [-0.39, 0.29) is 30.4 Å². The Morgan fingerprint density at radius 1 is 1.08 bits per heavy atom. The Hall–Kier alpha value is -2.65. The van der Waals surface area contributed by atoms with Crippen molar-refractivity contribution in [3.63, 3.8) is 0 Å². The van der Waals surface area contributed by atoms with Gasteiger partial charge in [0.2, 0.25) is 17.7 Å². The zero-order valence-electron chi connectivity index (χ0n) is 23.2. The van der Waals surface area contributed by atoms with Crippen molar-refractivity contribution in [1.29, 1.82) is 0 Å². The summed E-state index contributed by atoms with van der Waals surface area (Å²) in [7, 11) is 0. The Bertz CT molecular complexity index is 1060. The minimum absolute atomic E-state index is 0.0259. The third kappa shape index (κ3) is 4.92. The van der Waals surface area contributed by atoms with Crippen molar-refractivity contribution >= 4 is 23.4 Å². The summed E-state index contributed by atoms with van der Waals surface area (Å²) in [4.78, 5) is 43.6. The van der Waals surface area contributed by atoms with E-state index in [4.69, 9.17) is 9.47 Å². The number of fused-ring (bicyclic) bond motifs is 1.